The second-order valence-electron chi connectivity index (χ2n) is 11.1. The predicted octanol–water partition coefficient (Wildman–Crippen LogP) is 4.93. The zero-order chi connectivity index (χ0) is 30.3. The van der Waals surface area contributed by atoms with E-state index in [2.05, 4.69) is 5.32 Å². The highest BCUT2D eigenvalue weighted by molar-refractivity contribution is 7.52. The minimum atomic E-state index is -5.75. The monoisotopic (exact) mass is 607 g/mol. The molecule has 41 heavy (non-hydrogen) atoms. The van der Waals surface area contributed by atoms with Crippen molar-refractivity contribution >= 4 is 52.4 Å². The Morgan fingerprint density at radius 2 is 1.76 bits per heavy atom. The van der Waals surface area contributed by atoms with Crippen molar-refractivity contribution in [2.75, 3.05) is 18.5 Å². The molecule has 0 saturated carbocycles. The number of thiophene rings is 1. The number of alkyl halides is 2. The number of amides is 3. The van der Waals surface area contributed by atoms with Crippen molar-refractivity contribution < 1.29 is 37.5 Å². The molecule has 0 bridgehead atoms. The first kappa shape index (κ1) is 30.8. The number of hydrogen-bond acceptors (Lipinski definition) is 5. The Balaban J connectivity index is 1.56. The van der Waals surface area contributed by atoms with Gasteiger partial charge in [0.05, 0.1) is 4.88 Å². The lowest BCUT2D eigenvalue weighted by Gasteiger charge is -2.36. The van der Waals surface area contributed by atoms with E-state index in [1.54, 1.807) is 40.0 Å². The predicted molar refractivity (Wildman–Crippen MR) is 153 cm³/mol. The van der Waals surface area contributed by atoms with Crippen LogP contribution in [0.2, 0.25) is 0 Å². The number of para-hydroxylation sites is 1. The van der Waals surface area contributed by atoms with Gasteiger partial charge in [0.15, 0.2) is 0 Å². The molecule has 1 aromatic heterocycles. The Morgan fingerprint density at radius 3 is 2.37 bits per heavy atom. The Morgan fingerprint density at radius 1 is 1.10 bits per heavy atom. The van der Waals surface area contributed by atoms with Crippen LogP contribution < -0.4 is 10.2 Å². The first-order valence-electron chi connectivity index (χ1n) is 12.9. The highest BCUT2D eigenvalue weighted by Gasteiger charge is 2.50. The molecule has 13 heteroatoms. The van der Waals surface area contributed by atoms with Gasteiger partial charge in [-0.05, 0) is 54.0 Å². The van der Waals surface area contributed by atoms with Gasteiger partial charge in [0.1, 0.15) is 12.1 Å². The number of nitrogens with one attached hydrogen (secondary N) is 1. The van der Waals surface area contributed by atoms with E-state index in [1.165, 1.54) is 21.9 Å². The molecule has 2 heterocycles. The van der Waals surface area contributed by atoms with Gasteiger partial charge in [-0.25, -0.2) is 0 Å². The maximum atomic E-state index is 14.2. The van der Waals surface area contributed by atoms with Gasteiger partial charge < -0.3 is 24.9 Å². The van der Waals surface area contributed by atoms with Crippen LogP contribution in [0.25, 0.3) is 10.1 Å². The maximum absolute atomic E-state index is 14.2. The molecule has 0 aliphatic carbocycles. The summed E-state index contributed by atoms with van der Waals surface area (Å²) >= 11 is 0.999. The van der Waals surface area contributed by atoms with Gasteiger partial charge in [0, 0.05) is 29.5 Å². The normalized spacial score (nSPS) is 17.0. The molecule has 220 valence electrons. The van der Waals surface area contributed by atoms with Crippen molar-refractivity contribution in [1.82, 2.24) is 10.2 Å². The molecular weight excluding hydrogens is 575 g/mol. The number of likely N-dealkylation sites (tertiary alicyclic amines) is 1. The number of benzene rings is 2. The Labute approximate surface area is 240 Å². The third-order valence-electron chi connectivity index (χ3n) is 7.14. The van der Waals surface area contributed by atoms with Crippen LogP contribution in [0.1, 0.15) is 48.8 Å². The second kappa shape index (κ2) is 11.2. The summed E-state index contributed by atoms with van der Waals surface area (Å²) in [7, 11) is -4.10. The summed E-state index contributed by atoms with van der Waals surface area (Å²) in [6.07, 6.45) is 1.12. The molecule has 0 radical (unpaired) electrons. The van der Waals surface area contributed by atoms with Gasteiger partial charge in [-0.2, -0.15) is 8.78 Å². The summed E-state index contributed by atoms with van der Waals surface area (Å²) in [6, 6.07) is 11.9. The van der Waals surface area contributed by atoms with Crippen LogP contribution >= 0.6 is 18.9 Å². The van der Waals surface area contributed by atoms with E-state index in [-0.39, 0.29) is 16.2 Å². The number of halogens is 2. The third kappa shape index (κ3) is 6.21. The van der Waals surface area contributed by atoms with Crippen molar-refractivity contribution in [3.8, 4) is 0 Å². The molecule has 3 aromatic rings. The van der Waals surface area contributed by atoms with E-state index >= 15 is 0 Å². The van der Waals surface area contributed by atoms with Crippen molar-refractivity contribution in [3.05, 3.63) is 65.0 Å². The Kier molecular flexibility index (Phi) is 8.44. The second-order valence-corrected chi connectivity index (χ2v) is 13.9. The first-order chi connectivity index (χ1) is 19.0. The van der Waals surface area contributed by atoms with Crippen LogP contribution in [0.4, 0.5) is 14.5 Å². The van der Waals surface area contributed by atoms with E-state index in [1.807, 2.05) is 18.2 Å². The van der Waals surface area contributed by atoms with E-state index in [9.17, 15) is 27.7 Å². The quantitative estimate of drug-likeness (QED) is 0.327. The molecule has 3 amide bonds. The van der Waals surface area contributed by atoms with Crippen LogP contribution in [0.15, 0.2) is 54.6 Å². The van der Waals surface area contributed by atoms with Crippen LogP contribution in [0.5, 0.6) is 0 Å². The molecule has 1 saturated heterocycles. The summed E-state index contributed by atoms with van der Waals surface area (Å²) in [4.78, 5) is 61.8. The van der Waals surface area contributed by atoms with Crippen LogP contribution in [-0.2, 0) is 19.8 Å². The molecule has 1 aliphatic heterocycles. The zero-order valence-electron chi connectivity index (χ0n) is 23.0. The molecule has 2 aromatic carbocycles. The molecule has 2 unspecified atom stereocenters. The standard InChI is InChI=1S/C28H32F2N3O6PS/c1-27(2,3)23(26(36)33-14-8-11-20(33)25(35)32(4)19-9-6-5-7-10-19)31-24(34)22-16-17-15-18(12-13-21(17)41-22)28(29,30)40(37,38)39/h5-7,9-10,12-13,15-16,20,23H,8,11,14H2,1-4H3,(H,31,34)(H2,37,38,39). The minimum absolute atomic E-state index is 0.136. The largest absolute Gasteiger partial charge is 0.399 e. The van der Waals surface area contributed by atoms with Crippen LogP contribution in [0, 0.1) is 5.41 Å². The molecule has 9 nitrogen and oxygen atoms in total. The maximum Gasteiger partial charge on any atom is 0.399 e. The molecular formula is C28H32F2N3O6PS. The molecule has 2 atom stereocenters. The smallest absolute Gasteiger partial charge is 0.339 e. The minimum Gasteiger partial charge on any atom is -0.339 e. The van der Waals surface area contributed by atoms with E-state index in [4.69, 9.17) is 9.79 Å². The molecule has 1 fully saturated rings. The molecule has 3 N–H and O–H groups in total. The van der Waals surface area contributed by atoms with E-state index < -0.39 is 48.1 Å². The van der Waals surface area contributed by atoms with Crippen molar-refractivity contribution in [3.63, 3.8) is 0 Å². The highest BCUT2D eigenvalue weighted by Crippen LogP contribution is 2.59. The number of nitrogens with zero attached hydrogens (tertiary/aromatic N) is 2. The summed E-state index contributed by atoms with van der Waals surface area (Å²) in [5, 5.41) is 2.99. The fourth-order valence-electron chi connectivity index (χ4n) is 4.82. The number of fused-ring (bicyclic) bond motifs is 1. The van der Waals surface area contributed by atoms with Crippen LogP contribution in [-0.4, -0.2) is 58.1 Å². The Hall–Kier alpha value is -3.18. The fraction of sp³-hybridized carbons (Fsp3) is 0.393. The molecule has 1 aliphatic rings. The lowest BCUT2D eigenvalue weighted by atomic mass is 9.85. The van der Waals surface area contributed by atoms with Gasteiger partial charge in [-0.15, -0.1) is 11.3 Å². The molecule has 4 rings (SSSR count). The number of hydrogen-bond donors (Lipinski definition) is 3. The van der Waals surface area contributed by atoms with E-state index in [0.717, 1.165) is 23.5 Å². The number of carbonyl (C=O) groups is 3. The zero-order valence-corrected chi connectivity index (χ0v) is 24.7. The van der Waals surface area contributed by atoms with Gasteiger partial charge in [-0.1, -0.05) is 45.0 Å². The average Bonchev–Trinajstić information content (AvgIpc) is 3.57. The number of rotatable bonds is 7. The SMILES string of the molecule is CN(C(=O)C1CCCN1C(=O)C(NC(=O)c1cc2cc(C(F)(F)P(=O)(O)O)ccc2s1)C(C)(C)C)c1ccccc1. The fourth-order valence-corrected chi connectivity index (χ4v) is 6.24. The Bertz CT molecular complexity index is 1520. The summed E-state index contributed by atoms with van der Waals surface area (Å²) in [5.41, 5.74) is -5.28. The number of anilines is 1. The first-order valence-corrected chi connectivity index (χ1v) is 15.4. The van der Waals surface area contributed by atoms with Crippen LogP contribution in [0.3, 0.4) is 0 Å². The summed E-state index contributed by atoms with van der Waals surface area (Å²) in [5.74, 6) is -1.23. The van der Waals surface area contributed by atoms with Gasteiger partial charge in [0.2, 0.25) is 11.8 Å². The topological polar surface area (TPSA) is 127 Å². The third-order valence-corrected chi connectivity index (χ3v) is 9.24. The van der Waals surface area contributed by atoms with Gasteiger partial charge in [0.25, 0.3) is 5.91 Å². The number of carbonyl (C=O) groups excluding carboxylic acids is 3. The highest BCUT2D eigenvalue weighted by atomic mass is 32.1. The van der Waals surface area contributed by atoms with Crippen molar-refractivity contribution in [2.24, 2.45) is 5.41 Å². The van der Waals surface area contributed by atoms with Crippen molar-refractivity contribution in [2.45, 2.75) is 51.4 Å². The van der Waals surface area contributed by atoms with Gasteiger partial charge in [-0.3, -0.25) is 18.9 Å². The lowest BCUT2D eigenvalue weighted by Crippen LogP contribution is -2.57. The molecule has 0 spiro atoms. The lowest BCUT2D eigenvalue weighted by molar-refractivity contribution is -0.141. The van der Waals surface area contributed by atoms with E-state index in [0.29, 0.717) is 29.8 Å². The van der Waals surface area contributed by atoms with Crippen molar-refractivity contribution in [1.29, 1.82) is 0 Å². The number of likely N-dealkylation sites (N-methyl/N-ethyl adjacent to an activating group) is 1. The summed E-state index contributed by atoms with van der Waals surface area (Å²) < 4.78 is 40.2. The van der Waals surface area contributed by atoms with Gasteiger partial charge >= 0.3 is 13.3 Å². The summed E-state index contributed by atoms with van der Waals surface area (Å²) in [6.45, 7) is 5.74. The average molecular weight is 608 g/mol.